The number of H-pyrrole nitrogens is 1. The molecule has 2 atom stereocenters. The maximum absolute atomic E-state index is 14.2. The van der Waals surface area contributed by atoms with Gasteiger partial charge in [0.15, 0.2) is 11.9 Å². The van der Waals surface area contributed by atoms with Gasteiger partial charge in [-0.3, -0.25) is 9.48 Å². The molecule has 0 bridgehead atoms. The van der Waals surface area contributed by atoms with Crippen molar-refractivity contribution in [1.82, 2.24) is 14.8 Å². The van der Waals surface area contributed by atoms with Crippen LogP contribution in [0.3, 0.4) is 0 Å². The number of halogens is 4. The van der Waals surface area contributed by atoms with Crippen molar-refractivity contribution in [3.8, 4) is 6.07 Å². The molecule has 0 radical (unpaired) electrons. The lowest BCUT2D eigenvalue weighted by Gasteiger charge is -2.16. The minimum Gasteiger partial charge on any atom is -0.379 e. The first-order chi connectivity index (χ1) is 14.7. The van der Waals surface area contributed by atoms with Crippen LogP contribution in [0.5, 0.6) is 0 Å². The molecule has 11 heteroatoms. The molecule has 0 aliphatic heterocycles. The van der Waals surface area contributed by atoms with Crippen molar-refractivity contribution in [3.05, 3.63) is 52.2 Å². The van der Waals surface area contributed by atoms with E-state index in [1.165, 1.54) is 6.20 Å². The molecule has 1 aliphatic rings. The number of fused-ring (bicyclic) bond motifs is 1. The van der Waals surface area contributed by atoms with Crippen molar-refractivity contribution < 1.29 is 22.7 Å². The Morgan fingerprint density at radius 2 is 2.10 bits per heavy atom. The van der Waals surface area contributed by atoms with E-state index in [0.717, 1.165) is 31.0 Å². The number of alkyl halides is 3. The van der Waals surface area contributed by atoms with Crippen LogP contribution in [0.2, 0.25) is 0 Å². The van der Waals surface area contributed by atoms with Gasteiger partial charge in [0, 0.05) is 17.4 Å². The molecule has 2 unspecified atom stereocenters. The summed E-state index contributed by atoms with van der Waals surface area (Å²) in [4.78, 5) is 15.0. The Balaban J connectivity index is 1.73. The summed E-state index contributed by atoms with van der Waals surface area (Å²) in [5.74, 6) is -0.910. The zero-order chi connectivity index (χ0) is 22.3. The van der Waals surface area contributed by atoms with Crippen LogP contribution in [0, 0.1) is 23.1 Å². The second kappa shape index (κ2) is 7.70. The molecular weight excluding hydrogens is 418 g/mol. The molecule has 2 aromatic heterocycles. The van der Waals surface area contributed by atoms with Gasteiger partial charge in [0.1, 0.15) is 11.2 Å². The first-order valence-electron chi connectivity index (χ1n) is 9.48. The van der Waals surface area contributed by atoms with Crippen LogP contribution in [-0.2, 0) is 0 Å². The Morgan fingerprint density at radius 3 is 2.71 bits per heavy atom. The van der Waals surface area contributed by atoms with E-state index < -0.39 is 29.2 Å². The third kappa shape index (κ3) is 3.98. The predicted molar refractivity (Wildman–Crippen MR) is 103 cm³/mol. The zero-order valence-electron chi connectivity index (χ0n) is 15.9. The smallest absolute Gasteiger partial charge is 0.379 e. The van der Waals surface area contributed by atoms with Gasteiger partial charge in [0.05, 0.1) is 24.0 Å². The first-order valence-corrected chi connectivity index (χ1v) is 9.48. The molecular formula is C20H17F4N5O2. The number of benzene rings is 1. The van der Waals surface area contributed by atoms with Gasteiger partial charge in [-0.2, -0.15) is 23.5 Å². The lowest BCUT2D eigenvalue weighted by atomic mass is 10.1. The van der Waals surface area contributed by atoms with Gasteiger partial charge >= 0.3 is 6.18 Å². The standard InChI is InChI=1S/C20H17F4N5O2/c21-13-9-11(3-4-12(13)17(30)20(22,23)24)27-18-16-15(6-8-26-19(16)31)29(28-18)14(5-7-25)10-1-2-10/h3-4,6,8-10,14,17,30H,1-2,5H2,(H,26,31)(H,27,28). The lowest BCUT2D eigenvalue weighted by molar-refractivity contribution is -0.207. The fraction of sp³-hybridized carbons (Fsp3) is 0.350. The molecule has 3 N–H and O–H groups in total. The number of aromatic nitrogens is 3. The highest BCUT2D eigenvalue weighted by molar-refractivity contribution is 5.91. The average Bonchev–Trinajstić information content (AvgIpc) is 3.48. The van der Waals surface area contributed by atoms with Crippen LogP contribution < -0.4 is 10.9 Å². The van der Waals surface area contributed by atoms with Crippen molar-refractivity contribution in [1.29, 1.82) is 5.26 Å². The van der Waals surface area contributed by atoms with Gasteiger partial charge < -0.3 is 15.4 Å². The van der Waals surface area contributed by atoms with Gasteiger partial charge in [0.25, 0.3) is 5.56 Å². The topological polar surface area (TPSA) is 107 Å². The van der Waals surface area contributed by atoms with Crippen molar-refractivity contribution in [2.45, 2.75) is 37.6 Å². The molecule has 4 rings (SSSR count). The minimum absolute atomic E-state index is 0.0497. The number of aliphatic hydroxyl groups excluding tert-OH is 1. The van der Waals surface area contributed by atoms with Crippen LogP contribution in [0.25, 0.3) is 10.9 Å². The molecule has 162 valence electrons. The molecule has 1 saturated carbocycles. The maximum Gasteiger partial charge on any atom is 0.418 e. The number of nitrogens with zero attached hydrogens (tertiary/aromatic N) is 3. The molecule has 1 fully saturated rings. The summed E-state index contributed by atoms with van der Waals surface area (Å²) < 4.78 is 53.9. The summed E-state index contributed by atoms with van der Waals surface area (Å²) in [7, 11) is 0. The normalized spacial score (nSPS) is 16.1. The average molecular weight is 435 g/mol. The van der Waals surface area contributed by atoms with Crippen LogP contribution in [0.15, 0.2) is 35.3 Å². The molecule has 1 aromatic carbocycles. The summed E-state index contributed by atoms with van der Waals surface area (Å²) in [5, 5.41) is 25.9. The van der Waals surface area contributed by atoms with E-state index in [1.807, 2.05) is 0 Å². The number of hydrogen-bond donors (Lipinski definition) is 3. The first kappa shape index (κ1) is 20.9. The highest BCUT2D eigenvalue weighted by Gasteiger charge is 2.41. The number of aromatic amines is 1. The Morgan fingerprint density at radius 1 is 1.35 bits per heavy atom. The summed E-state index contributed by atoms with van der Waals surface area (Å²) in [6, 6.07) is 6.31. The van der Waals surface area contributed by atoms with Crippen LogP contribution in [0.4, 0.5) is 29.1 Å². The van der Waals surface area contributed by atoms with E-state index >= 15 is 0 Å². The van der Waals surface area contributed by atoms with Gasteiger partial charge in [-0.1, -0.05) is 6.07 Å². The van der Waals surface area contributed by atoms with Crippen molar-refractivity contribution >= 4 is 22.4 Å². The number of nitrogens with one attached hydrogen (secondary N) is 2. The summed E-state index contributed by atoms with van der Waals surface area (Å²) in [5.41, 5.74) is -0.826. The Kier molecular flexibility index (Phi) is 5.18. The zero-order valence-corrected chi connectivity index (χ0v) is 15.9. The van der Waals surface area contributed by atoms with Crippen LogP contribution in [0.1, 0.15) is 37.0 Å². The predicted octanol–water partition coefficient (Wildman–Crippen LogP) is 4.07. The fourth-order valence-electron chi connectivity index (χ4n) is 3.61. The Hall–Kier alpha value is -3.39. The van der Waals surface area contributed by atoms with E-state index in [0.29, 0.717) is 5.52 Å². The number of anilines is 2. The number of aliphatic hydroxyl groups is 1. The summed E-state index contributed by atoms with van der Waals surface area (Å²) in [6.45, 7) is 0. The SMILES string of the molecule is N#CCC(C1CC1)n1nc(Nc2ccc(C(O)C(F)(F)F)c(F)c2)c2c(=O)[nH]ccc21. The van der Waals surface area contributed by atoms with Crippen LogP contribution >= 0.6 is 0 Å². The fourth-order valence-corrected chi connectivity index (χ4v) is 3.61. The molecule has 0 saturated heterocycles. The van der Waals surface area contributed by atoms with Crippen molar-refractivity contribution in [2.24, 2.45) is 5.92 Å². The van der Waals surface area contributed by atoms with Crippen molar-refractivity contribution in [2.75, 3.05) is 5.32 Å². The molecule has 0 spiro atoms. The lowest BCUT2D eigenvalue weighted by Crippen LogP contribution is -2.21. The Bertz CT molecular complexity index is 1220. The van der Waals surface area contributed by atoms with E-state index in [-0.39, 0.29) is 35.3 Å². The minimum atomic E-state index is -5.00. The summed E-state index contributed by atoms with van der Waals surface area (Å²) >= 11 is 0. The number of pyridine rings is 1. The maximum atomic E-state index is 14.2. The monoisotopic (exact) mass is 435 g/mol. The van der Waals surface area contributed by atoms with E-state index in [1.54, 1.807) is 10.7 Å². The molecule has 0 amide bonds. The molecule has 7 nitrogen and oxygen atoms in total. The Labute approximate surface area is 172 Å². The van der Waals surface area contributed by atoms with E-state index in [2.05, 4.69) is 21.5 Å². The highest BCUT2D eigenvalue weighted by atomic mass is 19.4. The van der Waals surface area contributed by atoms with Crippen LogP contribution in [-0.4, -0.2) is 26.0 Å². The quantitative estimate of drug-likeness (QED) is 0.506. The van der Waals surface area contributed by atoms with Gasteiger partial charge in [-0.05, 0) is 37.0 Å². The number of rotatable bonds is 6. The number of hydrogen-bond acceptors (Lipinski definition) is 5. The van der Waals surface area contributed by atoms with E-state index in [4.69, 9.17) is 0 Å². The van der Waals surface area contributed by atoms with Gasteiger partial charge in [-0.15, -0.1) is 0 Å². The third-order valence-electron chi connectivity index (χ3n) is 5.28. The second-order valence-electron chi connectivity index (χ2n) is 7.43. The van der Waals surface area contributed by atoms with E-state index in [9.17, 15) is 32.7 Å². The molecule has 31 heavy (non-hydrogen) atoms. The highest BCUT2D eigenvalue weighted by Crippen LogP contribution is 2.43. The number of nitriles is 1. The molecule has 2 heterocycles. The van der Waals surface area contributed by atoms with Crippen molar-refractivity contribution in [3.63, 3.8) is 0 Å². The third-order valence-corrected chi connectivity index (χ3v) is 5.28. The second-order valence-corrected chi connectivity index (χ2v) is 7.43. The largest absolute Gasteiger partial charge is 0.418 e. The molecule has 3 aromatic rings. The molecule has 1 aliphatic carbocycles. The summed E-state index contributed by atoms with van der Waals surface area (Å²) in [6.07, 6.45) is -4.42. The van der Waals surface area contributed by atoms with Gasteiger partial charge in [0.2, 0.25) is 0 Å². The van der Waals surface area contributed by atoms with Gasteiger partial charge in [-0.25, -0.2) is 4.39 Å².